The molecule has 0 radical (unpaired) electrons. The highest BCUT2D eigenvalue weighted by Gasteiger charge is 2.22. The summed E-state index contributed by atoms with van der Waals surface area (Å²) in [5.74, 6) is -0.0539. The normalized spacial score (nSPS) is 16.9. The molecule has 0 aromatic carbocycles. The highest BCUT2D eigenvalue weighted by molar-refractivity contribution is 5.30. The van der Waals surface area contributed by atoms with E-state index in [0.29, 0.717) is 12.6 Å². The zero-order valence-corrected chi connectivity index (χ0v) is 14.3. The highest BCUT2D eigenvalue weighted by Crippen LogP contribution is 2.31. The zero-order valence-electron chi connectivity index (χ0n) is 14.3. The molecule has 4 heteroatoms. The quantitative estimate of drug-likeness (QED) is 0.845. The molecule has 1 saturated carbocycles. The number of pyridine rings is 1. The molecule has 1 heterocycles. The molecule has 124 valence electrons. The molecule has 1 aliphatic carbocycles. The van der Waals surface area contributed by atoms with Gasteiger partial charge in [0, 0.05) is 24.3 Å². The van der Waals surface area contributed by atoms with Crippen molar-refractivity contribution in [2.45, 2.75) is 71.9 Å². The third-order valence-electron chi connectivity index (χ3n) is 4.98. The van der Waals surface area contributed by atoms with Crippen LogP contribution in [0.4, 0.5) is 0 Å². The largest absolute Gasteiger partial charge is 0.503 e. The summed E-state index contributed by atoms with van der Waals surface area (Å²) in [6, 6.07) is 2.01. The van der Waals surface area contributed by atoms with Crippen LogP contribution in [0.3, 0.4) is 0 Å². The minimum Gasteiger partial charge on any atom is -0.503 e. The van der Waals surface area contributed by atoms with Gasteiger partial charge in [-0.2, -0.15) is 0 Å². The molecule has 1 aromatic rings. The van der Waals surface area contributed by atoms with Crippen LogP contribution in [0.15, 0.2) is 10.9 Å². The average molecular weight is 306 g/mol. The Morgan fingerprint density at radius 1 is 1.18 bits per heavy atom. The van der Waals surface area contributed by atoms with E-state index in [2.05, 4.69) is 23.3 Å². The molecule has 1 aromatic heterocycles. The van der Waals surface area contributed by atoms with Crippen molar-refractivity contribution < 1.29 is 5.11 Å². The Hall–Kier alpha value is -1.29. The standard InChI is InChI=1S/C18H30N2O2/c1-4-19(5-2)13-16-18(22)17(21)12-14(3)20(16)15-10-8-6-7-9-11-15/h12,15,22H,4-11,13H2,1-3H3. The second kappa shape index (κ2) is 7.82. The van der Waals surface area contributed by atoms with Gasteiger partial charge in [0.25, 0.3) is 0 Å². The smallest absolute Gasteiger partial charge is 0.223 e. The summed E-state index contributed by atoms with van der Waals surface area (Å²) >= 11 is 0. The summed E-state index contributed by atoms with van der Waals surface area (Å²) in [7, 11) is 0. The fourth-order valence-corrected chi connectivity index (χ4v) is 3.63. The number of aromatic nitrogens is 1. The molecule has 1 N–H and O–H groups in total. The number of rotatable bonds is 5. The first-order valence-corrected chi connectivity index (χ1v) is 8.74. The van der Waals surface area contributed by atoms with Crippen molar-refractivity contribution in [3.05, 3.63) is 27.7 Å². The van der Waals surface area contributed by atoms with Crippen LogP contribution in [-0.4, -0.2) is 27.7 Å². The van der Waals surface area contributed by atoms with E-state index in [4.69, 9.17) is 0 Å². The Balaban J connectivity index is 2.45. The van der Waals surface area contributed by atoms with Gasteiger partial charge in [-0.05, 0) is 32.9 Å². The van der Waals surface area contributed by atoms with Crippen LogP contribution in [0.5, 0.6) is 5.75 Å². The molecule has 0 spiro atoms. The molecule has 1 fully saturated rings. The molecular weight excluding hydrogens is 276 g/mol. The average Bonchev–Trinajstić information content (AvgIpc) is 2.78. The summed E-state index contributed by atoms with van der Waals surface area (Å²) in [6.45, 7) is 8.71. The Morgan fingerprint density at radius 3 is 2.32 bits per heavy atom. The lowest BCUT2D eigenvalue weighted by Gasteiger charge is -2.28. The van der Waals surface area contributed by atoms with Crippen LogP contribution < -0.4 is 5.43 Å². The van der Waals surface area contributed by atoms with Gasteiger partial charge in [0.2, 0.25) is 5.43 Å². The van der Waals surface area contributed by atoms with E-state index < -0.39 is 0 Å². The van der Waals surface area contributed by atoms with Crippen molar-refractivity contribution in [1.82, 2.24) is 9.47 Å². The third-order valence-corrected chi connectivity index (χ3v) is 4.98. The molecule has 4 nitrogen and oxygen atoms in total. The van der Waals surface area contributed by atoms with E-state index >= 15 is 0 Å². The maximum atomic E-state index is 12.0. The van der Waals surface area contributed by atoms with Gasteiger partial charge in [-0.1, -0.05) is 39.5 Å². The molecule has 0 aliphatic heterocycles. The van der Waals surface area contributed by atoms with Gasteiger partial charge in [0.15, 0.2) is 5.75 Å². The Kier molecular flexibility index (Phi) is 6.07. The van der Waals surface area contributed by atoms with Crippen molar-refractivity contribution >= 4 is 0 Å². The van der Waals surface area contributed by atoms with Crippen LogP contribution in [0.1, 0.15) is 69.8 Å². The van der Waals surface area contributed by atoms with Gasteiger partial charge in [-0.15, -0.1) is 0 Å². The first kappa shape index (κ1) is 17.1. The molecule has 22 heavy (non-hydrogen) atoms. The van der Waals surface area contributed by atoms with E-state index in [9.17, 15) is 9.90 Å². The van der Waals surface area contributed by atoms with Crippen LogP contribution in [0.25, 0.3) is 0 Å². The molecule has 0 atom stereocenters. The second-order valence-corrected chi connectivity index (χ2v) is 6.42. The van der Waals surface area contributed by atoms with Crippen LogP contribution in [-0.2, 0) is 6.54 Å². The zero-order chi connectivity index (χ0) is 16.1. The summed E-state index contributed by atoms with van der Waals surface area (Å²) < 4.78 is 2.25. The maximum Gasteiger partial charge on any atom is 0.223 e. The molecular formula is C18H30N2O2. The Bertz CT molecular complexity index is 539. The van der Waals surface area contributed by atoms with Crippen molar-refractivity contribution in [1.29, 1.82) is 0 Å². The number of hydrogen-bond acceptors (Lipinski definition) is 3. The van der Waals surface area contributed by atoms with Gasteiger partial charge in [0.05, 0.1) is 5.69 Å². The predicted octanol–water partition coefficient (Wildman–Crippen LogP) is 3.60. The van der Waals surface area contributed by atoms with E-state index in [1.165, 1.54) is 25.7 Å². The van der Waals surface area contributed by atoms with Crippen LogP contribution in [0, 0.1) is 6.92 Å². The monoisotopic (exact) mass is 306 g/mol. The van der Waals surface area contributed by atoms with Crippen molar-refractivity contribution in [3.63, 3.8) is 0 Å². The van der Waals surface area contributed by atoms with Crippen molar-refractivity contribution in [2.75, 3.05) is 13.1 Å². The van der Waals surface area contributed by atoms with Crippen LogP contribution in [0.2, 0.25) is 0 Å². The number of nitrogens with zero attached hydrogens (tertiary/aromatic N) is 2. The first-order chi connectivity index (χ1) is 10.6. The number of hydrogen-bond donors (Lipinski definition) is 1. The topological polar surface area (TPSA) is 45.5 Å². The molecule has 1 aliphatic rings. The van der Waals surface area contributed by atoms with E-state index in [0.717, 1.165) is 37.3 Å². The molecule has 0 saturated heterocycles. The Labute approximate surface area is 133 Å². The predicted molar refractivity (Wildman–Crippen MR) is 90.5 cm³/mol. The van der Waals surface area contributed by atoms with Gasteiger partial charge >= 0.3 is 0 Å². The highest BCUT2D eigenvalue weighted by atomic mass is 16.3. The van der Waals surface area contributed by atoms with Crippen molar-refractivity contribution in [2.24, 2.45) is 0 Å². The number of aryl methyl sites for hydroxylation is 1. The summed E-state index contributed by atoms with van der Waals surface area (Å²) in [5, 5.41) is 10.4. The lowest BCUT2D eigenvalue weighted by Crippen LogP contribution is -2.28. The lowest BCUT2D eigenvalue weighted by atomic mass is 10.1. The fraction of sp³-hybridized carbons (Fsp3) is 0.722. The summed E-state index contributed by atoms with van der Waals surface area (Å²) in [6.07, 6.45) is 7.37. The van der Waals surface area contributed by atoms with Gasteiger partial charge in [-0.3, -0.25) is 9.69 Å². The minimum atomic E-state index is -0.246. The molecule has 0 bridgehead atoms. The minimum absolute atomic E-state index is 0.0539. The van der Waals surface area contributed by atoms with Gasteiger partial charge in [-0.25, -0.2) is 0 Å². The first-order valence-electron chi connectivity index (χ1n) is 8.74. The van der Waals surface area contributed by atoms with E-state index in [1.807, 2.05) is 6.92 Å². The fourth-order valence-electron chi connectivity index (χ4n) is 3.63. The lowest BCUT2D eigenvalue weighted by molar-refractivity contribution is 0.270. The second-order valence-electron chi connectivity index (χ2n) is 6.42. The molecule has 2 rings (SSSR count). The van der Waals surface area contributed by atoms with Crippen molar-refractivity contribution in [3.8, 4) is 5.75 Å². The SMILES string of the molecule is CCN(CC)Cc1c(O)c(=O)cc(C)n1C1CCCCCC1. The van der Waals surface area contributed by atoms with Crippen LogP contribution >= 0.6 is 0 Å². The van der Waals surface area contributed by atoms with Gasteiger partial charge in [0.1, 0.15) is 0 Å². The maximum absolute atomic E-state index is 12.0. The third kappa shape index (κ3) is 3.72. The summed E-state index contributed by atoms with van der Waals surface area (Å²) in [5.41, 5.74) is 1.54. The van der Waals surface area contributed by atoms with Gasteiger partial charge < -0.3 is 9.67 Å². The Morgan fingerprint density at radius 2 is 1.77 bits per heavy atom. The van der Waals surface area contributed by atoms with E-state index in [1.54, 1.807) is 6.07 Å². The summed E-state index contributed by atoms with van der Waals surface area (Å²) in [4.78, 5) is 14.3. The molecule has 0 unspecified atom stereocenters. The van der Waals surface area contributed by atoms with E-state index in [-0.39, 0.29) is 11.2 Å². The number of aromatic hydroxyl groups is 1. The molecule has 0 amide bonds.